The van der Waals surface area contributed by atoms with Gasteiger partial charge in [-0.1, -0.05) is 65.2 Å². The van der Waals surface area contributed by atoms with Crippen molar-refractivity contribution in [1.29, 1.82) is 0 Å². The second kappa shape index (κ2) is 10.8. The van der Waals surface area contributed by atoms with Crippen LogP contribution in [0.3, 0.4) is 0 Å². The lowest BCUT2D eigenvalue weighted by molar-refractivity contribution is -0.133. The standard InChI is InChI=1S/C27H30Cl2N2O2/c1-19(15-20-5-3-2-4-6-20)17-31(26(32)22-7-8-22)18-21-11-13-30(14-12-21)27(33)24-10-9-23(28)16-25(24)29/h2-6,9-10,15-16,21-22H,7-8,11-14,17-18H2,1H3. The van der Waals surface area contributed by atoms with Gasteiger partial charge in [0.25, 0.3) is 5.91 Å². The number of hydrogen-bond donors (Lipinski definition) is 0. The molecule has 4 rings (SSSR count). The summed E-state index contributed by atoms with van der Waals surface area (Å²) in [5.74, 6) is 0.815. The first kappa shape index (κ1) is 23.8. The van der Waals surface area contributed by atoms with E-state index in [9.17, 15) is 9.59 Å². The molecule has 0 N–H and O–H groups in total. The monoisotopic (exact) mass is 484 g/mol. The SMILES string of the molecule is CC(=Cc1ccccc1)CN(CC1CCN(C(=O)c2ccc(Cl)cc2Cl)CC1)C(=O)C1CC1. The summed E-state index contributed by atoms with van der Waals surface area (Å²) in [4.78, 5) is 29.8. The molecule has 0 radical (unpaired) electrons. The van der Waals surface area contributed by atoms with Gasteiger partial charge in [0.1, 0.15) is 0 Å². The first-order chi connectivity index (χ1) is 15.9. The molecule has 1 saturated heterocycles. The number of nitrogens with zero attached hydrogens (tertiary/aromatic N) is 2. The van der Waals surface area contributed by atoms with Gasteiger partial charge in [-0.2, -0.15) is 0 Å². The summed E-state index contributed by atoms with van der Waals surface area (Å²) >= 11 is 12.2. The molecule has 174 valence electrons. The van der Waals surface area contributed by atoms with Gasteiger partial charge in [0.2, 0.25) is 5.91 Å². The Hall–Kier alpha value is -2.30. The highest BCUT2D eigenvalue weighted by atomic mass is 35.5. The molecule has 1 saturated carbocycles. The van der Waals surface area contributed by atoms with E-state index in [1.807, 2.05) is 28.0 Å². The third-order valence-corrected chi connectivity index (χ3v) is 6.98. The second-order valence-electron chi connectivity index (χ2n) is 9.25. The van der Waals surface area contributed by atoms with Crippen molar-refractivity contribution in [2.24, 2.45) is 11.8 Å². The lowest BCUT2D eigenvalue weighted by atomic mass is 9.95. The van der Waals surface area contributed by atoms with E-state index in [-0.39, 0.29) is 17.7 Å². The Morgan fingerprint density at radius 3 is 2.36 bits per heavy atom. The zero-order valence-corrected chi connectivity index (χ0v) is 20.5. The van der Waals surface area contributed by atoms with Gasteiger partial charge in [-0.25, -0.2) is 0 Å². The van der Waals surface area contributed by atoms with E-state index in [1.54, 1.807) is 18.2 Å². The normalized spacial score (nSPS) is 17.2. The molecule has 0 aromatic heterocycles. The number of hydrogen-bond acceptors (Lipinski definition) is 2. The molecular formula is C27H30Cl2N2O2. The third-order valence-electron chi connectivity index (χ3n) is 6.43. The van der Waals surface area contributed by atoms with Crippen LogP contribution in [0.4, 0.5) is 0 Å². The molecule has 1 aliphatic carbocycles. The molecule has 33 heavy (non-hydrogen) atoms. The number of carbonyl (C=O) groups is 2. The van der Waals surface area contributed by atoms with Gasteiger partial charge in [-0.3, -0.25) is 9.59 Å². The molecule has 0 spiro atoms. The van der Waals surface area contributed by atoms with Crippen molar-refractivity contribution in [3.8, 4) is 0 Å². The predicted octanol–water partition coefficient (Wildman–Crippen LogP) is 6.19. The van der Waals surface area contributed by atoms with E-state index in [0.29, 0.717) is 41.2 Å². The van der Waals surface area contributed by atoms with E-state index < -0.39 is 0 Å². The maximum absolute atomic E-state index is 13.0. The van der Waals surface area contributed by atoms with Gasteiger partial charge >= 0.3 is 0 Å². The quantitative estimate of drug-likeness (QED) is 0.470. The Labute approximate surface area is 206 Å². The minimum absolute atomic E-state index is 0.0531. The molecule has 1 aliphatic heterocycles. The number of rotatable bonds is 7. The van der Waals surface area contributed by atoms with Crippen LogP contribution in [-0.4, -0.2) is 47.8 Å². The average molecular weight is 485 g/mol. The van der Waals surface area contributed by atoms with Gasteiger partial charge in [0, 0.05) is 37.1 Å². The van der Waals surface area contributed by atoms with E-state index in [2.05, 4.69) is 25.1 Å². The molecule has 2 aromatic rings. The highest BCUT2D eigenvalue weighted by Crippen LogP contribution is 2.32. The second-order valence-corrected chi connectivity index (χ2v) is 10.1. The summed E-state index contributed by atoms with van der Waals surface area (Å²) in [5, 5.41) is 0.906. The minimum atomic E-state index is -0.0531. The maximum atomic E-state index is 13.0. The Kier molecular flexibility index (Phi) is 7.77. The van der Waals surface area contributed by atoms with E-state index in [4.69, 9.17) is 23.2 Å². The lowest BCUT2D eigenvalue weighted by Gasteiger charge is -2.35. The third kappa shape index (κ3) is 6.39. The van der Waals surface area contributed by atoms with E-state index >= 15 is 0 Å². The zero-order chi connectivity index (χ0) is 23.4. The Morgan fingerprint density at radius 2 is 1.73 bits per heavy atom. The van der Waals surface area contributed by atoms with Crippen LogP contribution in [0.1, 0.15) is 48.5 Å². The molecule has 2 amide bonds. The van der Waals surface area contributed by atoms with Crippen molar-refractivity contribution in [3.05, 3.63) is 75.3 Å². The smallest absolute Gasteiger partial charge is 0.255 e. The van der Waals surface area contributed by atoms with Crippen molar-refractivity contribution < 1.29 is 9.59 Å². The van der Waals surface area contributed by atoms with Crippen LogP contribution in [0.15, 0.2) is 54.1 Å². The van der Waals surface area contributed by atoms with Gasteiger partial charge in [0.15, 0.2) is 0 Å². The number of piperidine rings is 1. The van der Waals surface area contributed by atoms with Crippen molar-refractivity contribution in [2.45, 2.75) is 32.6 Å². The summed E-state index contributed by atoms with van der Waals surface area (Å²) in [6, 6.07) is 15.2. The fraction of sp³-hybridized carbons (Fsp3) is 0.407. The predicted molar refractivity (Wildman–Crippen MR) is 134 cm³/mol. The summed E-state index contributed by atoms with van der Waals surface area (Å²) < 4.78 is 0. The minimum Gasteiger partial charge on any atom is -0.339 e. The van der Waals surface area contributed by atoms with Crippen LogP contribution >= 0.6 is 23.2 Å². The van der Waals surface area contributed by atoms with Crippen molar-refractivity contribution >= 4 is 41.1 Å². The molecule has 2 fully saturated rings. The van der Waals surface area contributed by atoms with Crippen LogP contribution in [0.2, 0.25) is 10.0 Å². The lowest BCUT2D eigenvalue weighted by Crippen LogP contribution is -2.43. The number of halogens is 2. The molecule has 1 heterocycles. The van der Waals surface area contributed by atoms with Crippen LogP contribution in [0.5, 0.6) is 0 Å². The summed E-state index contributed by atoms with van der Waals surface area (Å²) in [5.41, 5.74) is 2.83. The van der Waals surface area contributed by atoms with E-state index in [0.717, 1.165) is 37.8 Å². The van der Waals surface area contributed by atoms with Crippen LogP contribution < -0.4 is 0 Å². The molecule has 0 atom stereocenters. The number of carbonyl (C=O) groups excluding carboxylic acids is 2. The Morgan fingerprint density at radius 1 is 1.03 bits per heavy atom. The largest absolute Gasteiger partial charge is 0.339 e. The highest BCUT2D eigenvalue weighted by molar-refractivity contribution is 6.36. The number of benzene rings is 2. The van der Waals surface area contributed by atoms with E-state index in [1.165, 1.54) is 5.57 Å². The van der Waals surface area contributed by atoms with Crippen molar-refractivity contribution in [1.82, 2.24) is 9.80 Å². The fourth-order valence-electron chi connectivity index (χ4n) is 4.46. The van der Waals surface area contributed by atoms with Crippen LogP contribution in [0, 0.1) is 11.8 Å². The van der Waals surface area contributed by atoms with Gasteiger partial charge in [0.05, 0.1) is 10.6 Å². The molecule has 2 aromatic carbocycles. The first-order valence-electron chi connectivity index (χ1n) is 11.7. The molecule has 0 unspecified atom stereocenters. The Bertz CT molecular complexity index is 1030. The number of amides is 2. The van der Waals surface area contributed by atoms with Gasteiger partial charge in [-0.15, -0.1) is 0 Å². The van der Waals surface area contributed by atoms with Crippen LogP contribution in [-0.2, 0) is 4.79 Å². The highest BCUT2D eigenvalue weighted by Gasteiger charge is 2.35. The molecule has 4 nitrogen and oxygen atoms in total. The topological polar surface area (TPSA) is 40.6 Å². The summed E-state index contributed by atoms with van der Waals surface area (Å²) in [6.45, 7) is 4.85. The first-order valence-corrected chi connectivity index (χ1v) is 12.4. The summed E-state index contributed by atoms with van der Waals surface area (Å²) in [6.07, 6.45) is 5.93. The van der Waals surface area contributed by atoms with Crippen molar-refractivity contribution in [2.75, 3.05) is 26.2 Å². The fourth-order valence-corrected chi connectivity index (χ4v) is 4.95. The van der Waals surface area contributed by atoms with Gasteiger partial charge < -0.3 is 9.80 Å². The molecule has 2 aliphatic rings. The van der Waals surface area contributed by atoms with Gasteiger partial charge in [-0.05, 0) is 62.3 Å². The van der Waals surface area contributed by atoms with Crippen LogP contribution in [0.25, 0.3) is 6.08 Å². The average Bonchev–Trinajstić information content (AvgIpc) is 3.64. The molecule has 6 heteroatoms. The molecule has 0 bridgehead atoms. The zero-order valence-electron chi connectivity index (χ0n) is 19.0. The maximum Gasteiger partial charge on any atom is 0.255 e. The molecular weight excluding hydrogens is 455 g/mol. The number of likely N-dealkylation sites (tertiary alicyclic amines) is 1. The summed E-state index contributed by atoms with van der Waals surface area (Å²) in [7, 11) is 0. The van der Waals surface area contributed by atoms with Crippen molar-refractivity contribution in [3.63, 3.8) is 0 Å². The Balaban J connectivity index is 1.36.